The Balaban J connectivity index is 1.30. The largest absolute Gasteiger partial charge is 0.461 e. The molecule has 2 aromatic carbocycles. The Kier molecular flexibility index (Phi) is 5.40. The number of urea groups is 1. The lowest BCUT2D eigenvalue weighted by molar-refractivity contribution is 0.0729. The minimum Gasteiger partial charge on any atom is -0.461 e. The predicted octanol–water partition coefficient (Wildman–Crippen LogP) is 5.09. The van der Waals surface area contributed by atoms with Crippen molar-refractivity contribution in [1.82, 2.24) is 9.88 Å². The number of aromatic nitrogens is 1. The van der Waals surface area contributed by atoms with Gasteiger partial charge in [-0.15, -0.1) is 0 Å². The van der Waals surface area contributed by atoms with E-state index in [0.29, 0.717) is 31.0 Å². The number of hydrogen-bond acceptors (Lipinski definition) is 5. The highest BCUT2D eigenvalue weighted by atomic mass is 16.4. The summed E-state index contributed by atoms with van der Waals surface area (Å²) in [6.45, 7) is 2.90. The Bertz CT molecular complexity index is 1290. The molecule has 0 saturated heterocycles. The molecule has 4 aromatic rings. The van der Waals surface area contributed by atoms with Crippen molar-refractivity contribution in [3.05, 3.63) is 89.6 Å². The molecule has 0 saturated carbocycles. The van der Waals surface area contributed by atoms with E-state index >= 15 is 0 Å². The Morgan fingerprint density at radius 1 is 1.00 bits per heavy atom. The normalized spacial score (nSPS) is 12.8. The molecule has 0 radical (unpaired) electrons. The summed E-state index contributed by atoms with van der Waals surface area (Å²) in [7, 11) is 0. The molecule has 0 atom stereocenters. The molecule has 2 aromatic heterocycles. The number of benzene rings is 2. The quantitative estimate of drug-likeness (QED) is 0.459. The number of oxazole rings is 1. The van der Waals surface area contributed by atoms with Crippen molar-refractivity contribution in [3.63, 3.8) is 0 Å². The summed E-state index contributed by atoms with van der Waals surface area (Å²) in [6.07, 6.45) is 3.38. The van der Waals surface area contributed by atoms with Crippen molar-refractivity contribution >= 4 is 23.3 Å². The standard InChI is InChI=1S/C25H22N4O4/c1-16-7-9-18(10-8-16)27-25(31)28-20-5-2-4-17-14-29(12-11-19(17)20)24(30)22-23(33-15-26-22)21-6-3-13-32-21/h2-10,13,15H,11-12,14H2,1H3,(H2,27,28,31). The Morgan fingerprint density at radius 2 is 1.85 bits per heavy atom. The highest BCUT2D eigenvalue weighted by molar-refractivity contribution is 6.00. The second kappa shape index (κ2) is 8.66. The highest BCUT2D eigenvalue weighted by Crippen LogP contribution is 2.29. The van der Waals surface area contributed by atoms with Gasteiger partial charge in [-0.05, 0) is 54.8 Å². The van der Waals surface area contributed by atoms with E-state index in [1.807, 2.05) is 49.4 Å². The molecule has 166 valence electrons. The van der Waals surface area contributed by atoms with Crippen LogP contribution in [0.15, 0.2) is 76.1 Å². The van der Waals surface area contributed by atoms with Crippen molar-refractivity contribution in [3.8, 4) is 11.5 Å². The van der Waals surface area contributed by atoms with Gasteiger partial charge in [0.2, 0.25) is 5.76 Å². The number of fused-ring (bicyclic) bond motifs is 1. The molecule has 0 unspecified atom stereocenters. The Morgan fingerprint density at radius 3 is 2.64 bits per heavy atom. The summed E-state index contributed by atoms with van der Waals surface area (Å²) in [6, 6.07) is 16.5. The fourth-order valence-corrected chi connectivity index (χ4v) is 3.95. The lowest BCUT2D eigenvalue weighted by Gasteiger charge is -2.29. The summed E-state index contributed by atoms with van der Waals surface area (Å²) in [5, 5.41) is 5.79. The van der Waals surface area contributed by atoms with E-state index in [1.165, 1.54) is 12.7 Å². The Labute approximate surface area is 190 Å². The van der Waals surface area contributed by atoms with Crippen LogP contribution in [-0.2, 0) is 13.0 Å². The maximum atomic E-state index is 13.2. The van der Waals surface area contributed by atoms with E-state index < -0.39 is 0 Å². The van der Waals surface area contributed by atoms with Crippen LogP contribution in [0.4, 0.5) is 16.2 Å². The van der Waals surface area contributed by atoms with E-state index in [9.17, 15) is 9.59 Å². The fourth-order valence-electron chi connectivity index (χ4n) is 3.95. The molecule has 3 amide bonds. The van der Waals surface area contributed by atoms with Crippen molar-refractivity contribution in [2.45, 2.75) is 19.9 Å². The topological polar surface area (TPSA) is 101 Å². The molecular weight excluding hydrogens is 420 g/mol. The van der Waals surface area contributed by atoms with Gasteiger partial charge in [0.1, 0.15) is 0 Å². The smallest absolute Gasteiger partial charge is 0.323 e. The second-order valence-corrected chi connectivity index (χ2v) is 7.87. The average Bonchev–Trinajstić information content (AvgIpc) is 3.52. The van der Waals surface area contributed by atoms with Gasteiger partial charge in [0.15, 0.2) is 17.8 Å². The van der Waals surface area contributed by atoms with E-state index in [2.05, 4.69) is 15.6 Å². The first kappa shape index (κ1) is 20.6. The summed E-state index contributed by atoms with van der Waals surface area (Å²) >= 11 is 0. The number of furan rings is 1. The zero-order chi connectivity index (χ0) is 22.8. The van der Waals surface area contributed by atoms with Crippen LogP contribution in [0.3, 0.4) is 0 Å². The molecule has 33 heavy (non-hydrogen) atoms. The molecule has 0 aliphatic carbocycles. The molecule has 1 aliphatic heterocycles. The van der Waals surface area contributed by atoms with Crippen LogP contribution in [0.2, 0.25) is 0 Å². The number of aryl methyl sites for hydroxylation is 1. The first-order chi connectivity index (χ1) is 16.1. The number of nitrogens with one attached hydrogen (secondary N) is 2. The van der Waals surface area contributed by atoms with Crippen LogP contribution in [0.1, 0.15) is 27.2 Å². The lowest BCUT2D eigenvalue weighted by Crippen LogP contribution is -2.37. The van der Waals surface area contributed by atoms with Gasteiger partial charge in [0, 0.05) is 24.5 Å². The number of carbonyl (C=O) groups is 2. The van der Waals surface area contributed by atoms with Crippen molar-refractivity contribution in [2.24, 2.45) is 0 Å². The van der Waals surface area contributed by atoms with Crippen molar-refractivity contribution < 1.29 is 18.4 Å². The average molecular weight is 442 g/mol. The van der Waals surface area contributed by atoms with Gasteiger partial charge < -0.3 is 24.4 Å². The second-order valence-electron chi connectivity index (χ2n) is 7.87. The number of hydrogen-bond donors (Lipinski definition) is 2. The third-order valence-corrected chi connectivity index (χ3v) is 5.63. The molecule has 2 N–H and O–H groups in total. The van der Waals surface area contributed by atoms with E-state index in [-0.39, 0.29) is 17.6 Å². The molecule has 8 heteroatoms. The SMILES string of the molecule is Cc1ccc(NC(=O)Nc2cccc3c2CCN(C(=O)c2ncoc2-c2ccco2)C3)cc1. The summed E-state index contributed by atoms with van der Waals surface area (Å²) in [5.41, 5.74) is 4.80. The summed E-state index contributed by atoms with van der Waals surface area (Å²) < 4.78 is 10.8. The summed E-state index contributed by atoms with van der Waals surface area (Å²) in [5.74, 6) is 0.551. The zero-order valence-corrected chi connectivity index (χ0v) is 18.0. The third kappa shape index (κ3) is 4.23. The van der Waals surface area contributed by atoms with Gasteiger partial charge in [-0.1, -0.05) is 29.8 Å². The zero-order valence-electron chi connectivity index (χ0n) is 18.0. The maximum absolute atomic E-state index is 13.2. The predicted molar refractivity (Wildman–Crippen MR) is 123 cm³/mol. The Hall–Kier alpha value is -4.33. The van der Waals surface area contributed by atoms with Crippen LogP contribution >= 0.6 is 0 Å². The van der Waals surface area contributed by atoms with Gasteiger partial charge in [0.05, 0.1) is 6.26 Å². The minimum absolute atomic E-state index is 0.222. The van der Waals surface area contributed by atoms with Gasteiger partial charge in [-0.3, -0.25) is 4.79 Å². The third-order valence-electron chi connectivity index (χ3n) is 5.63. The van der Waals surface area contributed by atoms with Crippen molar-refractivity contribution in [2.75, 3.05) is 17.2 Å². The van der Waals surface area contributed by atoms with E-state index in [1.54, 1.807) is 17.0 Å². The molecular formula is C25H22N4O4. The van der Waals surface area contributed by atoms with E-state index in [4.69, 9.17) is 8.83 Å². The number of anilines is 2. The van der Waals surface area contributed by atoms with Gasteiger partial charge in [-0.25, -0.2) is 9.78 Å². The van der Waals surface area contributed by atoms with Crippen molar-refractivity contribution in [1.29, 1.82) is 0 Å². The minimum atomic E-state index is -0.309. The lowest BCUT2D eigenvalue weighted by atomic mass is 9.97. The van der Waals surface area contributed by atoms with Gasteiger partial charge in [-0.2, -0.15) is 0 Å². The molecule has 0 spiro atoms. The van der Waals surface area contributed by atoms with Crippen LogP contribution < -0.4 is 10.6 Å². The van der Waals surface area contributed by atoms with Crippen LogP contribution in [0.5, 0.6) is 0 Å². The fraction of sp³-hybridized carbons (Fsp3) is 0.160. The first-order valence-electron chi connectivity index (χ1n) is 10.6. The number of carbonyl (C=O) groups excluding carboxylic acids is 2. The first-order valence-corrected chi connectivity index (χ1v) is 10.6. The molecule has 0 bridgehead atoms. The molecule has 8 nitrogen and oxygen atoms in total. The van der Waals surface area contributed by atoms with Crippen LogP contribution in [-0.4, -0.2) is 28.4 Å². The highest BCUT2D eigenvalue weighted by Gasteiger charge is 2.28. The van der Waals surface area contributed by atoms with Crippen LogP contribution in [0, 0.1) is 6.92 Å². The van der Waals surface area contributed by atoms with Gasteiger partial charge >= 0.3 is 6.03 Å². The molecule has 5 rings (SSSR count). The van der Waals surface area contributed by atoms with E-state index in [0.717, 1.165) is 28.1 Å². The van der Waals surface area contributed by atoms with Crippen LogP contribution in [0.25, 0.3) is 11.5 Å². The molecule has 3 heterocycles. The summed E-state index contributed by atoms with van der Waals surface area (Å²) in [4.78, 5) is 31.5. The van der Waals surface area contributed by atoms with Gasteiger partial charge in [0.25, 0.3) is 5.91 Å². The maximum Gasteiger partial charge on any atom is 0.323 e. The number of nitrogens with zero attached hydrogens (tertiary/aromatic N) is 2. The molecule has 0 fully saturated rings. The number of amides is 3. The monoisotopic (exact) mass is 442 g/mol. The number of rotatable bonds is 4. The molecule has 1 aliphatic rings.